The second-order valence-electron chi connectivity index (χ2n) is 7.32. The summed E-state index contributed by atoms with van der Waals surface area (Å²) in [6, 6.07) is 24.5. The van der Waals surface area contributed by atoms with Crippen molar-refractivity contribution in [2.45, 2.75) is 0 Å². The Bertz CT molecular complexity index is 1430. The van der Waals surface area contributed by atoms with E-state index < -0.39 is 0 Å². The van der Waals surface area contributed by atoms with Crippen LogP contribution in [0.2, 0.25) is 0 Å². The molecule has 0 amide bonds. The molecule has 1 aliphatic rings. The van der Waals surface area contributed by atoms with Crippen LogP contribution in [0.3, 0.4) is 0 Å². The Morgan fingerprint density at radius 3 is 1.87 bits per heavy atom. The number of carbonyl (C=O) groups is 2. The molecule has 0 atom stereocenters. The Kier molecular flexibility index (Phi) is 3.44. The highest BCUT2D eigenvalue weighted by molar-refractivity contribution is 6.42. The number of fused-ring (bicyclic) bond motifs is 3. The van der Waals surface area contributed by atoms with Crippen molar-refractivity contribution in [2.75, 3.05) is 0 Å². The molecule has 0 fully saturated rings. The van der Waals surface area contributed by atoms with E-state index in [-0.39, 0.29) is 17.1 Å². The van der Waals surface area contributed by atoms with Gasteiger partial charge in [-0.25, -0.2) is 0 Å². The molecule has 142 valence electrons. The number of hydrogen-bond donors (Lipinski definition) is 0. The third-order valence-corrected chi connectivity index (χ3v) is 5.44. The number of ketones is 2. The van der Waals surface area contributed by atoms with Gasteiger partial charge < -0.3 is 8.83 Å². The number of benzene rings is 3. The number of hydrogen-bond acceptors (Lipinski definition) is 4. The lowest BCUT2D eigenvalue weighted by atomic mass is 10.0. The number of rotatable bonds is 2. The van der Waals surface area contributed by atoms with E-state index >= 15 is 0 Å². The van der Waals surface area contributed by atoms with Crippen molar-refractivity contribution in [3.05, 3.63) is 101 Å². The molecule has 0 radical (unpaired) electrons. The zero-order chi connectivity index (χ0) is 20.2. The largest absolute Gasteiger partial charge is 0.453 e. The van der Waals surface area contributed by atoms with E-state index in [1.807, 2.05) is 60.7 Å². The molecule has 5 aromatic rings. The van der Waals surface area contributed by atoms with Crippen LogP contribution in [0.4, 0.5) is 0 Å². The lowest BCUT2D eigenvalue weighted by Crippen LogP contribution is -1.99. The second-order valence-corrected chi connectivity index (χ2v) is 7.32. The highest BCUT2D eigenvalue weighted by Crippen LogP contribution is 2.34. The Labute approximate surface area is 171 Å². The van der Waals surface area contributed by atoms with Gasteiger partial charge in [0.25, 0.3) is 0 Å². The summed E-state index contributed by atoms with van der Waals surface area (Å²) in [5, 5.41) is 1.87. The predicted octanol–water partition coefficient (Wildman–Crippen LogP) is 6.31. The smallest absolute Gasteiger partial charge is 0.197 e. The molecule has 0 saturated heterocycles. The van der Waals surface area contributed by atoms with E-state index in [9.17, 15) is 9.59 Å². The average molecular weight is 390 g/mol. The Morgan fingerprint density at radius 1 is 0.633 bits per heavy atom. The van der Waals surface area contributed by atoms with Gasteiger partial charge in [0.1, 0.15) is 11.5 Å². The maximum absolute atomic E-state index is 12.9. The lowest BCUT2D eigenvalue weighted by molar-refractivity contribution is 0.0990. The molecule has 0 spiro atoms. The number of Topliss-reactive ketones (excluding diaryl/α,β-unsaturated/α-hetero) is 2. The lowest BCUT2D eigenvalue weighted by Gasteiger charge is -2.00. The van der Waals surface area contributed by atoms with E-state index in [1.165, 1.54) is 6.08 Å². The van der Waals surface area contributed by atoms with Crippen molar-refractivity contribution in [3.8, 4) is 11.3 Å². The Balaban J connectivity index is 1.39. The molecular weight excluding hydrogens is 376 g/mol. The van der Waals surface area contributed by atoms with Crippen LogP contribution in [0.25, 0.3) is 39.3 Å². The van der Waals surface area contributed by atoms with Crippen molar-refractivity contribution < 1.29 is 18.4 Å². The minimum Gasteiger partial charge on any atom is -0.453 e. The molecule has 2 heterocycles. The van der Waals surface area contributed by atoms with Crippen molar-refractivity contribution in [2.24, 2.45) is 0 Å². The third kappa shape index (κ3) is 2.47. The van der Waals surface area contributed by atoms with Crippen molar-refractivity contribution >= 4 is 39.6 Å². The van der Waals surface area contributed by atoms with Crippen LogP contribution < -0.4 is 0 Å². The van der Waals surface area contributed by atoms with Crippen LogP contribution in [-0.2, 0) is 0 Å². The molecule has 0 unspecified atom stereocenters. The highest BCUT2D eigenvalue weighted by Gasteiger charge is 2.33. The molecule has 0 saturated carbocycles. The number of carbonyl (C=O) groups excluding carboxylic acids is 2. The van der Waals surface area contributed by atoms with Gasteiger partial charge in [0.05, 0.1) is 5.57 Å². The summed E-state index contributed by atoms with van der Waals surface area (Å²) >= 11 is 0. The SMILES string of the molecule is O=C1C(=Cc2cc3oc(-c4ccccc4)cc3o2)C(=O)c2cc3ccccc3cc21. The molecule has 30 heavy (non-hydrogen) atoms. The number of allylic oxidation sites excluding steroid dienone is 1. The van der Waals surface area contributed by atoms with Crippen LogP contribution >= 0.6 is 0 Å². The maximum Gasteiger partial charge on any atom is 0.197 e. The van der Waals surface area contributed by atoms with Gasteiger partial charge in [-0.15, -0.1) is 0 Å². The van der Waals surface area contributed by atoms with E-state index in [1.54, 1.807) is 18.2 Å². The summed E-state index contributed by atoms with van der Waals surface area (Å²) in [7, 11) is 0. The average Bonchev–Trinajstić information content (AvgIpc) is 3.41. The van der Waals surface area contributed by atoms with Gasteiger partial charge >= 0.3 is 0 Å². The minimum absolute atomic E-state index is 0.111. The molecule has 0 bridgehead atoms. The Hall–Kier alpha value is -4.18. The van der Waals surface area contributed by atoms with E-state index in [0.717, 1.165) is 16.3 Å². The van der Waals surface area contributed by atoms with Crippen molar-refractivity contribution in [1.29, 1.82) is 0 Å². The molecule has 2 aromatic heterocycles. The summed E-state index contributed by atoms with van der Waals surface area (Å²) in [6.07, 6.45) is 1.51. The van der Waals surface area contributed by atoms with E-state index in [0.29, 0.717) is 33.8 Å². The number of furan rings is 2. The Morgan fingerprint density at radius 2 is 1.23 bits per heavy atom. The molecule has 4 heteroatoms. The first kappa shape index (κ1) is 16.7. The molecule has 0 N–H and O–H groups in total. The van der Waals surface area contributed by atoms with Gasteiger partial charge in [0, 0.05) is 28.8 Å². The maximum atomic E-state index is 12.9. The molecule has 3 aromatic carbocycles. The van der Waals surface area contributed by atoms with Gasteiger partial charge in [-0.3, -0.25) is 9.59 Å². The standard InChI is InChI=1S/C26H14O4/c27-25-19-10-16-8-4-5-9-17(16)11-20(19)26(28)21(25)12-18-13-23-24(29-18)14-22(30-23)15-6-2-1-3-7-15/h1-14H. The first-order valence-electron chi connectivity index (χ1n) is 9.60. The molecule has 0 aliphatic heterocycles. The summed E-state index contributed by atoms with van der Waals surface area (Å²) < 4.78 is 11.7. The second kappa shape index (κ2) is 6.16. The molecule has 6 rings (SSSR count). The fourth-order valence-electron chi connectivity index (χ4n) is 3.95. The van der Waals surface area contributed by atoms with Crippen LogP contribution in [0.15, 0.2) is 93.3 Å². The first-order valence-corrected chi connectivity index (χ1v) is 9.60. The van der Waals surface area contributed by atoms with Crippen molar-refractivity contribution in [1.82, 2.24) is 0 Å². The monoisotopic (exact) mass is 390 g/mol. The fraction of sp³-hybridized carbons (Fsp3) is 0. The van der Waals surface area contributed by atoms with Gasteiger partial charge in [-0.2, -0.15) is 0 Å². The van der Waals surface area contributed by atoms with E-state index in [2.05, 4.69) is 0 Å². The van der Waals surface area contributed by atoms with Gasteiger partial charge in [0.15, 0.2) is 22.7 Å². The summed E-state index contributed by atoms with van der Waals surface area (Å²) in [5.41, 5.74) is 3.08. The summed E-state index contributed by atoms with van der Waals surface area (Å²) in [5.74, 6) is 0.561. The first-order chi connectivity index (χ1) is 14.7. The normalized spacial score (nSPS) is 13.4. The molecule has 1 aliphatic carbocycles. The van der Waals surface area contributed by atoms with Crippen LogP contribution in [0.5, 0.6) is 0 Å². The van der Waals surface area contributed by atoms with E-state index in [4.69, 9.17) is 8.83 Å². The fourth-order valence-corrected chi connectivity index (χ4v) is 3.95. The zero-order valence-corrected chi connectivity index (χ0v) is 15.7. The zero-order valence-electron chi connectivity index (χ0n) is 15.7. The quantitative estimate of drug-likeness (QED) is 0.262. The minimum atomic E-state index is -0.279. The van der Waals surface area contributed by atoms with Crippen LogP contribution in [-0.4, -0.2) is 11.6 Å². The topological polar surface area (TPSA) is 60.4 Å². The highest BCUT2D eigenvalue weighted by atomic mass is 16.4. The summed E-state index contributed by atoms with van der Waals surface area (Å²) in [4.78, 5) is 25.8. The van der Waals surface area contributed by atoms with Gasteiger partial charge in [0.2, 0.25) is 0 Å². The predicted molar refractivity (Wildman–Crippen MR) is 115 cm³/mol. The summed E-state index contributed by atoms with van der Waals surface area (Å²) in [6.45, 7) is 0. The molecular formula is C26H14O4. The van der Waals surface area contributed by atoms with Crippen molar-refractivity contribution in [3.63, 3.8) is 0 Å². The van der Waals surface area contributed by atoms with Crippen LogP contribution in [0.1, 0.15) is 26.5 Å². The van der Waals surface area contributed by atoms with Gasteiger partial charge in [-0.1, -0.05) is 54.6 Å². The van der Waals surface area contributed by atoms with Crippen LogP contribution in [0, 0.1) is 0 Å². The molecule has 4 nitrogen and oxygen atoms in total. The van der Waals surface area contributed by atoms with Gasteiger partial charge in [-0.05, 0) is 29.0 Å². The third-order valence-electron chi connectivity index (χ3n) is 5.44.